The number of nitrogens with zero attached hydrogens (tertiary/aromatic N) is 2. The number of piperidine rings is 1. The van der Waals surface area contributed by atoms with Gasteiger partial charge in [-0.3, -0.25) is 9.69 Å². The predicted octanol–water partition coefficient (Wildman–Crippen LogP) is 2.74. The molecule has 1 aromatic carbocycles. The Balaban J connectivity index is 1.34. The molecule has 4 atom stereocenters. The fourth-order valence-corrected chi connectivity index (χ4v) is 7.13. The van der Waals surface area contributed by atoms with E-state index >= 15 is 0 Å². The topological polar surface area (TPSA) is 108 Å². The van der Waals surface area contributed by atoms with Gasteiger partial charge in [0.05, 0.1) is 11.0 Å². The number of carbonyl (C=O) groups excluding carboxylic acids is 1. The predicted molar refractivity (Wildman–Crippen MR) is 123 cm³/mol. The highest BCUT2D eigenvalue weighted by molar-refractivity contribution is 6.04. The molecule has 0 unspecified atom stereocenters. The molecule has 178 valence electrons. The number of ether oxygens (including phenoxy) is 1. The van der Waals surface area contributed by atoms with E-state index in [1.165, 1.54) is 12.8 Å². The van der Waals surface area contributed by atoms with E-state index in [0.29, 0.717) is 40.8 Å². The van der Waals surface area contributed by atoms with Crippen LogP contribution in [-0.2, 0) is 16.6 Å². The number of aromatic nitrogens is 1. The summed E-state index contributed by atoms with van der Waals surface area (Å²) in [4.78, 5) is 15.9. The van der Waals surface area contributed by atoms with Crippen LogP contribution in [0, 0.1) is 19.8 Å². The lowest BCUT2D eigenvalue weighted by molar-refractivity contribution is -0.165. The number of benzene rings is 1. The smallest absolute Gasteiger partial charge is 0.251 e. The van der Waals surface area contributed by atoms with Crippen molar-refractivity contribution < 1.29 is 24.3 Å². The average molecular weight is 464 g/mol. The molecular weight excluding hydrogens is 434 g/mol. The summed E-state index contributed by atoms with van der Waals surface area (Å²) < 4.78 is 11.6. The summed E-state index contributed by atoms with van der Waals surface area (Å²) in [6, 6.07) is 3.58. The maximum absolute atomic E-state index is 13.4. The number of anilines is 1. The van der Waals surface area contributed by atoms with Crippen molar-refractivity contribution in [2.45, 2.75) is 69.1 Å². The van der Waals surface area contributed by atoms with Gasteiger partial charge in [-0.1, -0.05) is 11.2 Å². The number of rotatable bonds is 4. The molecule has 1 saturated heterocycles. The second-order valence-corrected chi connectivity index (χ2v) is 10.8. The summed E-state index contributed by atoms with van der Waals surface area (Å²) in [6.07, 6.45) is 5.51. The van der Waals surface area contributed by atoms with Crippen molar-refractivity contribution >= 4 is 11.6 Å². The van der Waals surface area contributed by atoms with E-state index in [1.807, 2.05) is 12.1 Å². The molecule has 1 spiro atoms. The molecule has 1 aromatic heterocycles. The van der Waals surface area contributed by atoms with Crippen LogP contribution in [0.5, 0.6) is 11.5 Å². The SMILES string of the molecule is Cc1noc(C)c1NC(=O)C1=C[C@@H]2Oc3c(O)ccc4c3[C@@]23CCN(CC2CC2)[C@H](C4)[C@]3(O)C1. The highest BCUT2D eigenvalue weighted by Gasteiger charge is 2.71. The minimum Gasteiger partial charge on any atom is -0.504 e. The van der Waals surface area contributed by atoms with Crippen molar-refractivity contribution in [1.82, 2.24) is 10.1 Å². The molecule has 0 radical (unpaired) electrons. The number of likely N-dealkylation sites (tertiary alicyclic amines) is 1. The molecule has 34 heavy (non-hydrogen) atoms. The normalized spacial score (nSPS) is 33.2. The van der Waals surface area contributed by atoms with E-state index in [2.05, 4.69) is 15.4 Å². The Morgan fingerprint density at radius 1 is 1.32 bits per heavy atom. The van der Waals surface area contributed by atoms with Gasteiger partial charge in [0.15, 0.2) is 17.3 Å². The third-order valence-electron chi connectivity index (χ3n) is 8.94. The molecule has 8 nitrogen and oxygen atoms in total. The summed E-state index contributed by atoms with van der Waals surface area (Å²) in [5, 5.41) is 30.1. The molecule has 2 aliphatic heterocycles. The quantitative estimate of drug-likeness (QED) is 0.640. The van der Waals surface area contributed by atoms with Gasteiger partial charge < -0.3 is 24.8 Å². The van der Waals surface area contributed by atoms with E-state index in [1.54, 1.807) is 19.9 Å². The van der Waals surface area contributed by atoms with Gasteiger partial charge in [0.25, 0.3) is 5.91 Å². The van der Waals surface area contributed by atoms with E-state index in [0.717, 1.165) is 30.6 Å². The first-order chi connectivity index (χ1) is 16.3. The third-order valence-corrected chi connectivity index (χ3v) is 8.94. The van der Waals surface area contributed by atoms with Gasteiger partial charge in [-0.15, -0.1) is 0 Å². The standard InChI is InChI=1S/C26H29N3O5/c1-13-22(14(2)34-28-13)27-24(31)17-10-20-25-7-8-29(12-15-3-4-15)19(26(25,32)11-17)9-16-5-6-18(30)23(33-20)21(16)25/h5-6,10,15,19-20,30,32H,3-4,7-9,11-12H2,1-2H3,(H,27,31)/t19-,20+,25-,26-/m1/s1. The summed E-state index contributed by atoms with van der Waals surface area (Å²) in [5.74, 6) is 1.53. The van der Waals surface area contributed by atoms with E-state index in [-0.39, 0.29) is 24.1 Å². The van der Waals surface area contributed by atoms with Crippen LogP contribution < -0.4 is 10.1 Å². The van der Waals surface area contributed by atoms with Gasteiger partial charge in [0.1, 0.15) is 17.5 Å². The summed E-state index contributed by atoms with van der Waals surface area (Å²) in [7, 11) is 0. The highest BCUT2D eigenvalue weighted by atomic mass is 16.5. The molecule has 2 bridgehead atoms. The summed E-state index contributed by atoms with van der Waals surface area (Å²) in [6.45, 7) is 5.41. The van der Waals surface area contributed by atoms with Gasteiger partial charge in [-0.2, -0.15) is 0 Å². The molecule has 3 N–H and O–H groups in total. The fraction of sp³-hybridized carbons (Fsp3) is 0.538. The zero-order valence-corrected chi connectivity index (χ0v) is 19.4. The molecule has 5 aliphatic rings. The first kappa shape index (κ1) is 20.5. The zero-order valence-electron chi connectivity index (χ0n) is 19.4. The van der Waals surface area contributed by atoms with Crippen LogP contribution in [0.15, 0.2) is 28.3 Å². The Kier molecular flexibility index (Phi) is 4.01. The van der Waals surface area contributed by atoms with Gasteiger partial charge in [-0.25, -0.2) is 0 Å². The van der Waals surface area contributed by atoms with Crippen LogP contribution in [0.2, 0.25) is 0 Å². The number of aryl methyl sites for hydroxylation is 2. The van der Waals surface area contributed by atoms with Gasteiger partial charge >= 0.3 is 0 Å². The van der Waals surface area contributed by atoms with Gasteiger partial charge in [0.2, 0.25) is 0 Å². The highest BCUT2D eigenvalue weighted by Crippen LogP contribution is 2.65. The molecule has 7 rings (SSSR count). The lowest BCUT2D eigenvalue weighted by atomic mass is 9.49. The number of aliphatic hydroxyl groups is 1. The van der Waals surface area contributed by atoms with Crippen molar-refractivity contribution in [2.75, 3.05) is 18.4 Å². The molecule has 2 fully saturated rings. The number of hydrogen-bond donors (Lipinski definition) is 3. The Morgan fingerprint density at radius 3 is 2.88 bits per heavy atom. The van der Waals surface area contributed by atoms with Crippen molar-refractivity contribution in [1.29, 1.82) is 0 Å². The Hall–Kier alpha value is -2.84. The monoisotopic (exact) mass is 463 g/mol. The van der Waals surface area contributed by atoms with Crippen molar-refractivity contribution in [2.24, 2.45) is 5.92 Å². The average Bonchev–Trinajstić information content (AvgIpc) is 3.48. The van der Waals surface area contributed by atoms with Crippen LogP contribution in [0.25, 0.3) is 0 Å². The summed E-state index contributed by atoms with van der Waals surface area (Å²) in [5.41, 5.74) is 1.93. The van der Waals surface area contributed by atoms with Crippen LogP contribution in [-0.4, -0.2) is 57.0 Å². The van der Waals surface area contributed by atoms with Crippen molar-refractivity contribution in [3.63, 3.8) is 0 Å². The van der Waals surface area contributed by atoms with E-state index < -0.39 is 17.1 Å². The zero-order chi connectivity index (χ0) is 23.4. The number of carbonyl (C=O) groups is 1. The Bertz CT molecular complexity index is 1240. The minimum absolute atomic E-state index is 0.0962. The number of hydrogen-bond acceptors (Lipinski definition) is 7. The maximum Gasteiger partial charge on any atom is 0.251 e. The molecule has 1 amide bonds. The molecule has 2 aromatic rings. The third kappa shape index (κ3) is 2.50. The first-order valence-corrected chi connectivity index (χ1v) is 12.2. The second-order valence-electron chi connectivity index (χ2n) is 10.8. The fourth-order valence-electron chi connectivity index (χ4n) is 7.13. The van der Waals surface area contributed by atoms with Crippen LogP contribution >= 0.6 is 0 Å². The molecule has 8 heteroatoms. The number of amides is 1. The lowest BCUT2D eigenvalue weighted by Crippen LogP contribution is -2.75. The summed E-state index contributed by atoms with van der Waals surface area (Å²) >= 11 is 0. The van der Waals surface area contributed by atoms with Crippen LogP contribution in [0.4, 0.5) is 5.69 Å². The molecular formula is C26H29N3O5. The largest absolute Gasteiger partial charge is 0.504 e. The van der Waals surface area contributed by atoms with Crippen LogP contribution in [0.3, 0.4) is 0 Å². The molecule has 1 saturated carbocycles. The number of aromatic hydroxyl groups is 1. The second kappa shape index (κ2) is 6.64. The minimum atomic E-state index is -1.17. The number of phenolic OH excluding ortho intramolecular Hbond substituents is 1. The lowest BCUT2D eigenvalue weighted by Gasteiger charge is -2.62. The molecule has 3 heterocycles. The maximum atomic E-state index is 13.4. The molecule has 3 aliphatic carbocycles. The Morgan fingerprint density at radius 2 is 2.15 bits per heavy atom. The van der Waals surface area contributed by atoms with Crippen molar-refractivity contribution in [3.8, 4) is 11.5 Å². The van der Waals surface area contributed by atoms with Gasteiger partial charge in [-0.05, 0) is 69.7 Å². The number of phenols is 1. The van der Waals surface area contributed by atoms with E-state index in [9.17, 15) is 15.0 Å². The van der Waals surface area contributed by atoms with Crippen molar-refractivity contribution in [3.05, 3.63) is 46.4 Å². The van der Waals surface area contributed by atoms with E-state index in [4.69, 9.17) is 9.26 Å². The van der Waals surface area contributed by atoms with Gasteiger partial charge in [0, 0.05) is 30.1 Å². The Labute approximate surface area is 197 Å². The first-order valence-electron chi connectivity index (χ1n) is 12.2. The van der Waals surface area contributed by atoms with Crippen LogP contribution in [0.1, 0.15) is 48.3 Å². The number of nitrogens with one attached hydrogen (secondary N) is 1.